The Morgan fingerprint density at radius 2 is 1.08 bits per heavy atom. The van der Waals surface area contributed by atoms with Gasteiger partial charge in [0.2, 0.25) is 0 Å². The third kappa shape index (κ3) is 4.91. The van der Waals surface area contributed by atoms with E-state index in [0.29, 0.717) is 5.56 Å². The summed E-state index contributed by atoms with van der Waals surface area (Å²) in [4.78, 5) is 5.17. The number of pyridine rings is 1. The number of hydrogen-bond acceptors (Lipinski definition) is 3. The number of aromatic nitrogens is 2. The Morgan fingerprint density at radius 1 is 0.481 bits per heavy atom. The molecule has 0 unspecified atom stereocenters. The molecule has 0 spiro atoms. The van der Waals surface area contributed by atoms with Gasteiger partial charge in [0.05, 0.1) is 38.8 Å². The third-order valence-corrected chi connectivity index (χ3v) is 11.2. The van der Waals surface area contributed by atoms with Crippen LogP contribution in [-0.2, 0) is 0 Å². The van der Waals surface area contributed by atoms with E-state index in [9.17, 15) is 5.26 Å². The summed E-state index contributed by atoms with van der Waals surface area (Å²) >= 11 is 1.85. The largest absolute Gasteiger partial charge is 0.308 e. The molecule has 0 fully saturated rings. The molecule has 0 N–H and O–H groups in total. The number of thiophene rings is 1. The predicted molar refractivity (Wildman–Crippen MR) is 218 cm³/mol. The number of nitriles is 1. The van der Waals surface area contributed by atoms with E-state index in [1.165, 1.54) is 36.5 Å². The Balaban J connectivity index is 1.31. The molecular formula is C48H29N3S. The molecule has 0 saturated carbocycles. The molecule has 0 amide bonds. The molecule has 10 rings (SSSR count). The Hall–Kier alpha value is -6.80. The minimum absolute atomic E-state index is 0.643. The minimum atomic E-state index is 0.643. The van der Waals surface area contributed by atoms with Gasteiger partial charge in [-0.15, -0.1) is 11.3 Å². The molecule has 0 atom stereocenters. The van der Waals surface area contributed by atoms with Gasteiger partial charge in [-0.25, -0.2) is 4.98 Å². The van der Waals surface area contributed by atoms with Crippen molar-refractivity contribution in [2.24, 2.45) is 0 Å². The van der Waals surface area contributed by atoms with Crippen molar-refractivity contribution >= 4 is 53.3 Å². The quantitative estimate of drug-likeness (QED) is 0.182. The van der Waals surface area contributed by atoms with Crippen LogP contribution in [-0.4, -0.2) is 9.55 Å². The van der Waals surface area contributed by atoms with E-state index in [1.54, 1.807) is 0 Å². The standard InChI is InChI=1S/C48H29N3S/c49-30-33-17-7-8-18-38(33)36-25-34(35-28-43(31-13-3-1-4-14-31)50-44(29-35)32-15-5-2-6-16-32)26-37(27-36)51-45-21-11-9-19-39(45)41-23-24-42-40-20-10-12-22-46(40)52-48(42)47(41)51/h1-29H. The second-order valence-electron chi connectivity index (χ2n) is 13.1. The lowest BCUT2D eigenvalue weighted by Crippen LogP contribution is -1.97. The molecule has 0 radical (unpaired) electrons. The van der Waals surface area contributed by atoms with Crippen LogP contribution in [0.25, 0.3) is 92.4 Å². The van der Waals surface area contributed by atoms with Gasteiger partial charge in [-0.2, -0.15) is 5.26 Å². The summed E-state index contributed by atoms with van der Waals surface area (Å²) in [6.07, 6.45) is 0. The highest BCUT2D eigenvalue weighted by Crippen LogP contribution is 2.44. The second-order valence-corrected chi connectivity index (χ2v) is 14.1. The highest BCUT2D eigenvalue weighted by Gasteiger charge is 2.20. The fourth-order valence-electron chi connectivity index (χ4n) is 7.60. The van der Waals surface area contributed by atoms with Gasteiger partial charge in [0.15, 0.2) is 0 Å². The zero-order valence-electron chi connectivity index (χ0n) is 28.0. The average Bonchev–Trinajstić information content (AvgIpc) is 3.77. The molecule has 242 valence electrons. The first kappa shape index (κ1) is 30.1. The molecule has 0 aliphatic rings. The normalized spacial score (nSPS) is 11.4. The van der Waals surface area contributed by atoms with E-state index in [0.717, 1.165) is 56.0 Å². The number of nitrogens with zero attached hydrogens (tertiary/aromatic N) is 3. The molecule has 0 aliphatic carbocycles. The van der Waals surface area contributed by atoms with E-state index in [4.69, 9.17) is 4.98 Å². The third-order valence-electron chi connectivity index (χ3n) is 10.0. The van der Waals surface area contributed by atoms with Gasteiger partial charge in [-0.3, -0.25) is 0 Å². The van der Waals surface area contributed by atoms with Crippen LogP contribution >= 0.6 is 11.3 Å². The number of rotatable bonds is 5. The van der Waals surface area contributed by atoms with Gasteiger partial charge in [-0.1, -0.05) is 127 Å². The molecule has 4 heteroatoms. The van der Waals surface area contributed by atoms with Crippen molar-refractivity contribution in [2.75, 3.05) is 0 Å². The van der Waals surface area contributed by atoms with E-state index >= 15 is 0 Å². The lowest BCUT2D eigenvalue weighted by Gasteiger charge is -2.16. The van der Waals surface area contributed by atoms with Gasteiger partial charge in [0.25, 0.3) is 0 Å². The molecule has 0 saturated heterocycles. The number of para-hydroxylation sites is 1. The van der Waals surface area contributed by atoms with Crippen molar-refractivity contribution < 1.29 is 0 Å². The Kier molecular flexibility index (Phi) is 7.06. The Bertz CT molecular complexity index is 2960. The zero-order valence-corrected chi connectivity index (χ0v) is 28.8. The van der Waals surface area contributed by atoms with Crippen LogP contribution in [0.2, 0.25) is 0 Å². The molecule has 10 aromatic rings. The van der Waals surface area contributed by atoms with Crippen LogP contribution in [0.3, 0.4) is 0 Å². The fraction of sp³-hybridized carbons (Fsp3) is 0. The first-order valence-corrected chi connectivity index (χ1v) is 18.2. The summed E-state index contributed by atoms with van der Waals surface area (Å²) in [6.45, 7) is 0. The first-order chi connectivity index (χ1) is 25.7. The number of fused-ring (bicyclic) bond motifs is 7. The van der Waals surface area contributed by atoms with Crippen LogP contribution < -0.4 is 0 Å². The summed E-state index contributed by atoms with van der Waals surface area (Å²) in [5.74, 6) is 0. The van der Waals surface area contributed by atoms with Crippen LogP contribution in [0.4, 0.5) is 0 Å². The fourth-order valence-corrected chi connectivity index (χ4v) is 8.84. The van der Waals surface area contributed by atoms with Crippen molar-refractivity contribution in [3.05, 3.63) is 181 Å². The molecular weight excluding hydrogens is 651 g/mol. The lowest BCUT2D eigenvalue weighted by atomic mass is 9.94. The molecule has 3 nitrogen and oxygen atoms in total. The molecule has 0 aliphatic heterocycles. The molecule has 0 bridgehead atoms. The highest BCUT2D eigenvalue weighted by atomic mass is 32.1. The molecule has 7 aromatic carbocycles. The maximum Gasteiger partial charge on any atom is 0.0998 e. The van der Waals surface area contributed by atoms with Crippen molar-refractivity contribution in [1.82, 2.24) is 9.55 Å². The highest BCUT2D eigenvalue weighted by molar-refractivity contribution is 7.26. The van der Waals surface area contributed by atoms with Crippen LogP contribution in [0.5, 0.6) is 0 Å². The summed E-state index contributed by atoms with van der Waals surface area (Å²) in [7, 11) is 0. The molecule has 52 heavy (non-hydrogen) atoms. The summed E-state index contributed by atoms with van der Waals surface area (Å²) < 4.78 is 4.97. The number of benzene rings is 7. The molecule has 3 aromatic heterocycles. The predicted octanol–water partition coefficient (Wildman–Crippen LogP) is 13.1. The van der Waals surface area contributed by atoms with E-state index in [-0.39, 0.29) is 0 Å². The van der Waals surface area contributed by atoms with Gasteiger partial charge < -0.3 is 4.57 Å². The lowest BCUT2D eigenvalue weighted by molar-refractivity contribution is 1.19. The maximum absolute atomic E-state index is 10.3. The maximum atomic E-state index is 10.3. The van der Waals surface area contributed by atoms with E-state index in [2.05, 4.69) is 156 Å². The summed E-state index contributed by atoms with van der Waals surface area (Å²) in [5.41, 5.74) is 11.9. The topological polar surface area (TPSA) is 41.6 Å². The van der Waals surface area contributed by atoms with E-state index in [1.807, 2.05) is 41.7 Å². The van der Waals surface area contributed by atoms with Crippen LogP contribution in [0.15, 0.2) is 176 Å². The summed E-state index contributed by atoms with van der Waals surface area (Å²) in [5, 5.41) is 15.2. The van der Waals surface area contributed by atoms with Crippen molar-refractivity contribution in [3.8, 4) is 56.5 Å². The Labute approximate surface area is 304 Å². The monoisotopic (exact) mass is 679 g/mol. The van der Waals surface area contributed by atoms with Crippen LogP contribution in [0.1, 0.15) is 5.56 Å². The summed E-state index contributed by atoms with van der Waals surface area (Å²) in [6, 6.07) is 64.2. The average molecular weight is 680 g/mol. The van der Waals surface area contributed by atoms with E-state index < -0.39 is 0 Å². The van der Waals surface area contributed by atoms with Gasteiger partial charge in [0, 0.05) is 43.1 Å². The van der Waals surface area contributed by atoms with Crippen LogP contribution in [0, 0.1) is 11.3 Å². The smallest absolute Gasteiger partial charge is 0.0998 e. The first-order valence-electron chi connectivity index (χ1n) is 17.4. The number of hydrogen-bond donors (Lipinski definition) is 0. The van der Waals surface area contributed by atoms with Crippen molar-refractivity contribution in [1.29, 1.82) is 5.26 Å². The Morgan fingerprint density at radius 3 is 1.83 bits per heavy atom. The van der Waals surface area contributed by atoms with Gasteiger partial charge in [0.1, 0.15) is 0 Å². The van der Waals surface area contributed by atoms with Crippen molar-refractivity contribution in [3.63, 3.8) is 0 Å². The minimum Gasteiger partial charge on any atom is -0.308 e. The second kappa shape index (κ2) is 12.2. The zero-order chi connectivity index (χ0) is 34.6. The van der Waals surface area contributed by atoms with Gasteiger partial charge >= 0.3 is 0 Å². The van der Waals surface area contributed by atoms with Crippen molar-refractivity contribution in [2.45, 2.75) is 0 Å². The SMILES string of the molecule is N#Cc1ccccc1-c1cc(-c2cc(-c3ccccc3)nc(-c3ccccc3)c2)cc(-n2c3ccccc3c3ccc4c5ccccc5sc4c32)c1. The molecule has 3 heterocycles. The van der Waals surface area contributed by atoms with Gasteiger partial charge in [-0.05, 0) is 70.8 Å².